The monoisotopic (exact) mass is 307 g/mol. The fourth-order valence-corrected chi connectivity index (χ4v) is 3.17. The maximum atomic E-state index is 13.0. The van der Waals surface area contributed by atoms with Crippen molar-refractivity contribution in [2.24, 2.45) is 0 Å². The van der Waals surface area contributed by atoms with E-state index in [9.17, 15) is 4.79 Å². The molecule has 0 saturated carbocycles. The minimum absolute atomic E-state index is 0.0931. The molecule has 0 spiro atoms. The Hall–Kier alpha value is -2.55. The molecule has 0 unspecified atom stereocenters. The third-order valence-electron chi connectivity index (χ3n) is 4.19. The smallest absolute Gasteiger partial charge is 0.294 e. The number of rotatable bonds is 3. The van der Waals surface area contributed by atoms with Crippen molar-refractivity contribution < 1.29 is 9.21 Å². The number of para-hydroxylation sites is 1. The summed E-state index contributed by atoms with van der Waals surface area (Å²) in [7, 11) is 0. The second-order valence-corrected chi connectivity index (χ2v) is 5.90. The van der Waals surface area contributed by atoms with E-state index in [2.05, 4.69) is 13.0 Å². The molecule has 0 fully saturated rings. The number of amides is 1. The molecule has 1 aromatic heterocycles. The zero-order valence-corrected chi connectivity index (χ0v) is 14.0. The molecule has 3 rings (SSSR count). The van der Waals surface area contributed by atoms with Crippen LogP contribution in [-0.2, 0) is 0 Å². The number of carbonyl (C=O) groups excluding carboxylic acids is 1. The molecule has 3 heteroatoms. The number of benzene rings is 2. The Balaban J connectivity index is 2.10. The van der Waals surface area contributed by atoms with Crippen molar-refractivity contribution in [2.45, 2.75) is 27.7 Å². The molecule has 1 heterocycles. The molecular weight excluding hydrogens is 286 g/mol. The first kappa shape index (κ1) is 15.3. The molecule has 0 radical (unpaired) electrons. The molecule has 0 aliphatic carbocycles. The van der Waals surface area contributed by atoms with Gasteiger partial charge < -0.3 is 9.32 Å². The fourth-order valence-electron chi connectivity index (χ4n) is 3.17. The standard InChI is InChI=1S/C20H21NO2/c1-5-21(16-9-7-6-8-10-16)20(22)19-15(4)18-14(3)11-13(2)12-17(18)23-19/h6-12H,5H2,1-4H3. The van der Waals surface area contributed by atoms with Crippen LogP contribution in [0.25, 0.3) is 11.0 Å². The van der Waals surface area contributed by atoms with Crippen molar-refractivity contribution >= 4 is 22.6 Å². The number of anilines is 1. The van der Waals surface area contributed by atoms with Gasteiger partial charge in [-0.05, 0) is 57.0 Å². The lowest BCUT2D eigenvalue weighted by Gasteiger charge is -2.20. The summed E-state index contributed by atoms with van der Waals surface area (Å²) in [6, 6.07) is 13.8. The van der Waals surface area contributed by atoms with Gasteiger partial charge in [0, 0.05) is 23.2 Å². The van der Waals surface area contributed by atoms with Crippen LogP contribution in [-0.4, -0.2) is 12.5 Å². The number of aryl methyl sites for hydroxylation is 3. The molecule has 0 N–H and O–H groups in total. The summed E-state index contributed by atoms with van der Waals surface area (Å²) in [5.74, 6) is 0.337. The summed E-state index contributed by atoms with van der Waals surface area (Å²) in [6.07, 6.45) is 0. The van der Waals surface area contributed by atoms with Crippen molar-refractivity contribution in [1.29, 1.82) is 0 Å². The molecule has 0 aliphatic heterocycles. The predicted molar refractivity (Wildman–Crippen MR) is 94.2 cm³/mol. The van der Waals surface area contributed by atoms with E-state index in [0.717, 1.165) is 33.3 Å². The summed E-state index contributed by atoms with van der Waals surface area (Å²) in [4.78, 5) is 14.7. The molecule has 0 saturated heterocycles. The Morgan fingerprint density at radius 2 is 1.78 bits per heavy atom. The van der Waals surface area contributed by atoms with Crippen molar-refractivity contribution in [1.82, 2.24) is 0 Å². The lowest BCUT2D eigenvalue weighted by Crippen LogP contribution is -2.30. The van der Waals surface area contributed by atoms with Gasteiger partial charge in [-0.1, -0.05) is 24.3 Å². The van der Waals surface area contributed by atoms with Crippen LogP contribution in [0, 0.1) is 20.8 Å². The maximum absolute atomic E-state index is 13.0. The number of nitrogens with zero attached hydrogens (tertiary/aromatic N) is 1. The zero-order chi connectivity index (χ0) is 16.6. The van der Waals surface area contributed by atoms with E-state index in [1.54, 1.807) is 4.90 Å². The van der Waals surface area contributed by atoms with Crippen LogP contribution < -0.4 is 4.90 Å². The number of furan rings is 1. The van der Waals surface area contributed by atoms with Crippen molar-refractivity contribution in [3.05, 3.63) is 64.9 Å². The minimum Gasteiger partial charge on any atom is -0.451 e. The summed E-state index contributed by atoms with van der Waals surface area (Å²) in [5, 5.41) is 1.04. The Morgan fingerprint density at radius 3 is 2.43 bits per heavy atom. The van der Waals surface area contributed by atoms with Crippen LogP contribution in [0.2, 0.25) is 0 Å². The van der Waals surface area contributed by atoms with E-state index < -0.39 is 0 Å². The van der Waals surface area contributed by atoms with Gasteiger partial charge in [-0.15, -0.1) is 0 Å². The van der Waals surface area contributed by atoms with Crippen molar-refractivity contribution in [2.75, 3.05) is 11.4 Å². The molecule has 3 nitrogen and oxygen atoms in total. The van der Waals surface area contributed by atoms with Crippen molar-refractivity contribution in [3.8, 4) is 0 Å². The summed E-state index contributed by atoms with van der Waals surface area (Å²) in [5.41, 5.74) is 4.86. The van der Waals surface area contributed by atoms with Crippen LogP contribution in [0.5, 0.6) is 0 Å². The van der Waals surface area contributed by atoms with Gasteiger partial charge in [-0.3, -0.25) is 4.79 Å². The zero-order valence-electron chi connectivity index (χ0n) is 14.0. The van der Waals surface area contributed by atoms with Gasteiger partial charge in [-0.25, -0.2) is 0 Å². The second kappa shape index (κ2) is 5.92. The van der Waals surface area contributed by atoms with E-state index in [-0.39, 0.29) is 5.91 Å². The Bertz CT molecular complexity index is 862. The largest absolute Gasteiger partial charge is 0.451 e. The average molecular weight is 307 g/mol. The summed E-state index contributed by atoms with van der Waals surface area (Å²) < 4.78 is 5.94. The lowest BCUT2D eigenvalue weighted by atomic mass is 10.0. The van der Waals surface area contributed by atoms with Gasteiger partial charge >= 0.3 is 0 Å². The first-order valence-electron chi connectivity index (χ1n) is 7.90. The summed E-state index contributed by atoms with van der Waals surface area (Å²) >= 11 is 0. The molecule has 0 bridgehead atoms. The van der Waals surface area contributed by atoms with Crippen molar-refractivity contribution in [3.63, 3.8) is 0 Å². The van der Waals surface area contributed by atoms with Crippen LogP contribution in [0.15, 0.2) is 46.9 Å². The van der Waals surface area contributed by atoms with E-state index in [1.165, 1.54) is 0 Å². The van der Waals surface area contributed by atoms with Crippen LogP contribution in [0.3, 0.4) is 0 Å². The molecule has 2 aromatic carbocycles. The minimum atomic E-state index is -0.0931. The highest BCUT2D eigenvalue weighted by molar-refractivity contribution is 6.08. The summed E-state index contributed by atoms with van der Waals surface area (Å²) in [6.45, 7) is 8.62. The average Bonchev–Trinajstić information content (AvgIpc) is 2.86. The van der Waals surface area contributed by atoms with E-state index >= 15 is 0 Å². The molecule has 0 atom stereocenters. The Morgan fingerprint density at radius 1 is 1.09 bits per heavy atom. The van der Waals surface area contributed by atoms with Gasteiger partial charge in [0.2, 0.25) is 0 Å². The highest BCUT2D eigenvalue weighted by atomic mass is 16.3. The molecule has 0 aliphatic rings. The fraction of sp³-hybridized carbons (Fsp3) is 0.250. The lowest BCUT2D eigenvalue weighted by molar-refractivity contribution is 0.0963. The Labute approximate surface area is 136 Å². The number of hydrogen-bond donors (Lipinski definition) is 0. The molecule has 1 amide bonds. The van der Waals surface area contributed by atoms with Gasteiger partial charge in [0.15, 0.2) is 5.76 Å². The third kappa shape index (κ3) is 2.63. The number of hydrogen-bond acceptors (Lipinski definition) is 2. The third-order valence-corrected chi connectivity index (χ3v) is 4.19. The van der Waals surface area contributed by atoms with Gasteiger partial charge in [0.1, 0.15) is 5.58 Å². The topological polar surface area (TPSA) is 33.5 Å². The molecule has 23 heavy (non-hydrogen) atoms. The second-order valence-electron chi connectivity index (χ2n) is 5.90. The van der Waals surface area contributed by atoms with Crippen LogP contribution >= 0.6 is 0 Å². The Kier molecular flexibility index (Phi) is 3.95. The number of fused-ring (bicyclic) bond motifs is 1. The predicted octanol–water partition coefficient (Wildman–Crippen LogP) is 5.02. The highest BCUT2D eigenvalue weighted by Crippen LogP contribution is 2.31. The molecule has 3 aromatic rings. The first-order valence-corrected chi connectivity index (χ1v) is 7.90. The van der Waals surface area contributed by atoms with Crippen LogP contribution in [0.4, 0.5) is 5.69 Å². The molecule has 118 valence electrons. The maximum Gasteiger partial charge on any atom is 0.294 e. The van der Waals surface area contributed by atoms with E-state index in [1.807, 2.05) is 57.2 Å². The molecular formula is C20H21NO2. The van der Waals surface area contributed by atoms with Crippen LogP contribution in [0.1, 0.15) is 34.2 Å². The SMILES string of the molecule is CCN(C(=O)c1oc2cc(C)cc(C)c2c1C)c1ccccc1. The first-order chi connectivity index (χ1) is 11.0. The van der Waals surface area contributed by atoms with Gasteiger partial charge in [0.05, 0.1) is 0 Å². The number of carbonyl (C=O) groups is 1. The van der Waals surface area contributed by atoms with Gasteiger partial charge in [0.25, 0.3) is 5.91 Å². The quantitative estimate of drug-likeness (QED) is 0.680. The normalized spacial score (nSPS) is 11.0. The van der Waals surface area contributed by atoms with E-state index in [4.69, 9.17) is 4.42 Å². The van der Waals surface area contributed by atoms with E-state index in [0.29, 0.717) is 12.3 Å². The van der Waals surface area contributed by atoms with Gasteiger partial charge in [-0.2, -0.15) is 0 Å². The highest BCUT2D eigenvalue weighted by Gasteiger charge is 2.24.